The number of hydrogen-bond donors (Lipinski definition) is 2. The molecule has 1 aromatic rings. The van der Waals surface area contributed by atoms with Crippen LogP contribution in [0.15, 0.2) is 24.3 Å². The Kier molecular flexibility index (Phi) is 5.35. The maximum Gasteiger partial charge on any atom is 0.319 e. The fourth-order valence-electron chi connectivity index (χ4n) is 1.99. The van der Waals surface area contributed by atoms with Crippen molar-refractivity contribution in [2.24, 2.45) is 0 Å². The third kappa shape index (κ3) is 4.53. The van der Waals surface area contributed by atoms with Crippen LogP contribution in [-0.4, -0.2) is 50.3 Å². The van der Waals surface area contributed by atoms with Crippen molar-refractivity contribution in [2.45, 2.75) is 0 Å². The lowest BCUT2D eigenvalue weighted by atomic mass is 10.2. The van der Waals surface area contributed by atoms with Crippen LogP contribution >= 0.6 is 0 Å². The second-order valence-electron chi connectivity index (χ2n) is 4.53. The highest BCUT2D eigenvalue weighted by Crippen LogP contribution is 2.09. The van der Waals surface area contributed by atoms with Gasteiger partial charge in [0.15, 0.2) is 0 Å². The standard InChI is InChI=1S/C14H18N4O2/c15-11-12-2-1-3-13(10-12)17-14(19)16-4-5-18-6-8-20-9-7-18/h1-3,10H,4-9H2,(H2,16,17,19). The molecular formula is C14H18N4O2. The summed E-state index contributed by atoms with van der Waals surface area (Å²) in [6, 6.07) is 8.61. The van der Waals surface area contributed by atoms with Crippen LogP contribution in [0.25, 0.3) is 0 Å². The molecule has 6 heteroatoms. The Balaban J connectivity index is 1.70. The molecule has 20 heavy (non-hydrogen) atoms. The minimum Gasteiger partial charge on any atom is -0.379 e. The third-order valence-corrected chi connectivity index (χ3v) is 3.07. The van der Waals surface area contributed by atoms with E-state index in [-0.39, 0.29) is 6.03 Å². The van der Waals surface area contributed by atoms with Crippen LogP contribution in [0.4, 0.5) is 10.5 Å². The summed E-state index contributed by atoms with van der Waals surface area (Å²) in [5.41, 5.74) is 1.14. The number of carbonyl (C=O) groups is 1. The fraction of sp³-hybridized carbons (Fsp3) is 0.429. The van der Waals surface area contributed by atoms with Crippen LogP contribution in [0.5, 0.6) is 0 Å². The molecule has 2 N–H and O–H groups in total. The van der Waals surface area contributed by atoms with Gasteiger partial charge in [-0.2, -0.15) is 5.26 Å². The maximum absolute atomic E-state index is 11.7. The molecule has 2 rings (SSSR count). The van der Waals surface area contributed by atoms with Gasteiger partial charge < -0.3 is 15.4 Å². The largest absolute Gasteiger partial charge is 0.379 e. The second kappa shape index (κ2) is 7.48. The predicted molar refractivity (Wildman–Crippen MR) is 75.4 cm³/mol. The average molecular weight is 274 g/mol. The monoisotopic (exact) mass is 274 g/mol. The average Bonchev–Trinajstić information content (AvgIpc) is 2.48. The topological polar surface area (TPSA) is 77.4 Å². The molecular weight excluding hydrogens is 256 g/mol. The van der Waals surface area contributed by atoms with Gasteiger partial charge >= 0.3 is 6.03 Å². The Morgan fingerprint density at radius 1 is 1.40 bits per heavy atom. The highest BCUT2D eigenvalue weighted by atomic mass is 16.5. The summed E-state index contributed by atoms with van der Waals surface area (Å²) in [7, 11) is 0. The molecule has 2 amide bonds. The molecule has 0 saturated carbocycles. The van der Waals surface area contributed by atoms with E-state index >= 15 is 0 Å². The number of anilines is 1. The summed E-state index contributed by atoms with van der Waals surface area (Å²) in [6.45, 7) is 4.74. The summed E-state index contributed by atoms with van der Waals surface area (Å²) in [4.78, 5) is 14.0. The van der Waals surface area contributed by atoms with Crippen molar-refractivity contribution in [3.8, 4) is 6.07 Å². The Hall–Kier alpha value is -2.10. The molecule has 0 bridgehead atoms. The van der Waals surface area contributed by atoms with Crippen molar-refractivity contribution < 1.29 is 9.53 Å². The minimum atomic E-state index is -0.256. The lowest BCUT2D eigenvalue weighted by Gasteiger charge is -2.26. The molecule has 0 aromatic heterocycles. The molecule has 0 aliphatic carbocycles. The zero-order valence-corrected chi connectivity index (χ0v) is 11.3. The predicted octanol–water partition coefficient (Wildman–Crippen LogP) is 1.01. The van der Waals surface area contributed by atoms with Crippen molar-refractivity contribution in [1.29, 1.82) is 5.26 Å². The van der Waals surface area contributed by atoms with E-state index in [1.807, 2.05) is 6.07 Å². The van der Waals surface area contributed by atoms with Gasteiger partial charge in [0.1, 0.15) is 0 Å². The number of rotatable bonds is 4. The van der Waals surface area contributed by atoms with Gasteiger partial charge in [-0.3, -0.25) is 4.90 Å². The first kappa shape index (κ1) is 14.3. The number of nitriles is 1. The lowest BCUT2D eigenvalue weighted by molar-refractivity contribution is 0.0388. The smallest absolute Gasteiger partial charge is 0.319 e. The molecule has 0 radical (unpaired) electrons. The van der Waals surface area contributed by atoms with Crippen molar-refractivity contribution in [2.75, 3.05) is 44.7 Å². The van der Waals surface area contributed by atoms with Gasteiger partial charge in [-0.15, -0.1) is 0 Å². The Bertz CT molecular complexity index is 492. The summed E-state index contributed by atoms with van der Waals surface area (Å²) >= 11 is 0. The maximum atomic E-state index is 11.7. The summed E-state index contributed by atoms with van der Waals surface area (Å²) in [5.74, 6) is 0. The highest BCUT2D eigenvalue weighted by molar-refractivity contribution is 5.89. The van der Waals surface area contributed by atoms with E-state index in [4.69, 9.17) is 10.00 Å². The van der Waals surface area contributed by atoms with Gasteiger partial charge in [-0.1, -0.05) is 6.07 Å². The van der Waals surface area contributed by atoms with Gasteiger partial charge in [-0.05, 0) is 18.2 Å². The van der Waals surface area contributed by atoms with Crippen molar-refractivity contribution in [3.05, 3.63) is 29.8 Å². The number of benzene rings is 1. The van der Waals surface area contributed by atoms with Crippen molar-refractivity contribution >= 4 is 11.7 Å². The highest BCUT2D eigenvalue weighted by Gasteiger charge is 2.10. The summed E-state index contributed by atoms with van der Waals surface area (Å²) < 4.78 is 5.26. The Morgan fingerprint density at radius 3 is 2.95 bits per heavy atom. The van der Waals surface area contributed by atoms with Crippen LogP contribution in [0.2, 0.25) is 0 Å². The molecule has 1 fully saturated rings. The number of ether oxygens (including phenoxy) is 1. The normalized spacial score (nSPS) is 15.3. The number of nitrogens with zero attached hydrogens (tertiary/aromatic N) is 2. The number of urea groups is 1. The van der Waals surface area contributed by atoms with Crippen LogP contribution in [0, 0.1) is 11.3 Å². The number of nitrogens with one attached hydrogen (secondary N) is 2. The van der Waals surface area contributed by atoms with E-state index in [1.165, 1.54) is 0 Å². The molecule has 1 aromatic carbocycles. The van der Waals surface area contributed by atoms with E-state index < -0.39 is 0 Å². The van der Waals surface area contributed by atoms with E-state index in [9.17, 15) is 4.79 Å². The molecule has 0 spiro atoms. The van der Waals surface area contributed by atoms with E-state index in [0.717, 1.165) is 32.8 Å². The SMILES string of the molecule is N#Cc1cccc(NC(=O)NCCN2CCOCC2)c1. The van der Waals surface area contributed by atoms with E-state index in [0.29, 0.717) is 17.8 Å². The molecule has 0 atom stereocenters. The number of morpholine rings is 1. The van der Waals surface area contributed by atoms with Gasteiger partial charge in [0.05, 0.1) is 24.8 Å². The fourth-order valence-corrected chi connectivity index (χ4v) is 1.99. The van der Waals surface area contributed by atoms with Gasteiger partial charge in [-0.25, -0.2) is 4.79 Å². The van der Waals surface area contributed by atoms with Gasteiger partial charge in [0.25, 0.3) is 0 Å². The van der Waals surface area contributed by atoms with Crippen LogP contribution in [-0.2, 0) is 4.74 Å². The molecule has 6 nitrogen and oxygen atoms in total. The lowest BCUT2D eigenvalue weighted by Crippen LogP contribution is -2.42. The molecule has 1 saturated heterocycles. The van der Waals surface area contributed by atoms with Crippen molar-refractivity contribution in [3.63, 3.8) is 0 Å². The van der Waals surface area contributed by atoms with Crippen LogP contribution < -0.4 is 10.6 Å². The first-order chi connectivity index (χ1) is 9.78. The quantitative estimate of drug-likeness (QED) is 0.859. The van der Waals surface area contributed by atoms with Crippen molar-refractivity contribution in [1.82, 2.24) is 10.2 Å². The molecule has 1 aliphatic heterocycles. The first-order valence-electron chi connectivity index (χ1n) is 6.63. The molecule has 1 aliphatic rings. The van der Waals surface area contributed by atoms with Gasteiger partial charge in [0.2, 0.25) is 0 Å². The summed E-state index contributed by atoms with van der Waals surface area (Å²) in [6.07, 6.45) is 0. The van der Waals surface area contributed by atoms with Gasteiger partial charge in [0, 0.05) is 31.9 Å². The second-order valence-corrected chi connectivity index (χ2v) is 4.53. The number of hydrogen-bond acceptors (Lipinski definition) is 4. The van der Waals surface area contributed by atoms with Crippen LogP contribution in [0.3, 0.4) is 0 Å². The third-order valence-electron chi connectivity index (χ3n) is 3.07. The number of amides is 2. The Labute approximate surface area is 118 Å². The summed E-state index contributed by atoms with van der Waals surface area (Å²) in [5, 5.41) is 14.3. The van der Waals surface area contributed by atoms with E-state index in [1.54, 1.807) is 24.3 Å². The van der Waals surface area contributed by atoms with Crippen LogP contribution in [0.1, 0.15) is 5.56 Å². The molecule has 0 unspecified atom stereocenters. The Morgan fingerprint density at radius 2 is 2.20 bits per heavy atom. The minimum absolute atomic E-state index is 0.256. The zero-order chi connectivity index (χ0) is 14.2. The number of carbonyl (C=O) groups excluding carboxylic acids is 1. The first-order valence-corrected chi connectivity index (χ1v) is 6.63. The molecule has 106 valence electrons. The zero-order valence-electron chi connectivity index (χ0n) is 11.3. The van der Waals surface area contributed by atoms with E-state index in [2.05, 4.69) is 15.5 Å². The molecule has 1 heterocycles.